The fourth-order valence-corrected chi connectivity index (χ4v) is 5.41. The molecule has 5 unspecified atom stereocenters. The lowest BCUT2D eigenvalue weighted by Gasteiger charge is -2.38. The Balaban J connectivity index is 1.49. The van der Waals surface area contributed by atoms with E-state index in [-0.39, 0.29) is 42.9 Å². The molecule has 3 fully saturated rings. The van der Waals surface area contributed by atoms with Crippen molar-refractivity contribution in [2.75, 3.05) is 24.6 Å². The third kappa shape index (κ3) is 5.52. The van der Waals surface area contributed by atoms with Gasteiger partial charge in [0.25, 0.3) is 0 Å². The summed E-state index contributed by atoms with van der Waals surface area (Å²) >= 11 is 1.81. The van der Waals surface area contributed by atoms with Gasteiger partial charge in [0.1, 0.15) is 6.23 Å². The zero-order valence-electron chi connectivity index (χ0n) is 15.0. The van der Waals surface area contributed by atoms with E-state index in [4.69, 9.17) is 4.74 Å². The van der Waals surface area contributed by atoms with E-state index in [1.807, 2.05) is 11.8 Å². The number of hydrogen-bond donors (Lipinski definition) is 2. The lowest BCUT2D eigenvalue weighted by atomic mass is 9.86. The van der Waals surface area contributed by atoms with Crippen LogP contribution in [0.4, 0.5) is 13.2 Å². The first-order valence-corrected chi connectivity index (χ1v) is 10.9. The van der Waals surface area contributed by atoms with Crippen molar-refractivity contribution >= 4 is 17.7 Å². The highest BCUT2D eigenvalue weighted by Gasteiger charge is 2.43. The number of piperidine rings is 1. The molecule has 0 bridgehead atoms. The van der Waals surface area contributed by atoms with E-state index in [1.165, 1.54) is 0 Å². The molecule has 26 heavy (non-hydrogen) atoms. The molecule has 0 spiro atoms. The number of hydrogen-bond acceptors (Lipinski definition) is 4. The molecule has 150 valence electrons. The second kappa shape index (κ2) is 9.15. The van der Waals surface area contributed by atoms with Gasteiger partial charge in [0.05, 0.1) is 12.0 Å². The van der Waals surface area contributed by atoms with E-state index in [9.17, 15) is 18.0 Å². The SMILES string of the molecule is O=C(NCC1CCCNC1OC1CCCC(C(F)(F)F)C1)C1CCSC1. The molecule has 2 saturated heterocycles. The van der Waals surface area contributed by atoms with Gasteiger partial charge in [-0.15, -0.1) is 0 Å². The number of alkyl halides is 3. The zero-order valence-corrected chi connectivity index (χ0v) is 15.8. The molecule has 4 nitrogen and oxygen atoms in total. The normalized spacial score (nSPS) is 36.0. The Kier molecular flexibility index (Phi) is 7.13. The van der Waals surface area contributed by atoms with Crippen molar-refractivity contribution in [2.24, 2.45) is 17.8 Å². The minimum Gasteiger partial charge on any atom is -0.360 e. The summed E-state index contributed by atoms with van der Waals surface area (Å²) in [6.07, 6.45) is -0.391. The van der Waals surface area contributed by atoms with Crippen LogP contribution in [-0.4, -0.2) is 49.0 Å². The van der Waals surface area contributed by atoms with E-state index < -0.39 is 12.1 Å². The number of halogens is 3. The van der Waals surface area contributed by atoms with E-state index in [0.717, 1.165) is 37.3 Å². The first kappa shape index (κ1) is 20.3. The van der Waals surface area contributed by atoms with Gasteiger partial charge >= 0.3 is 6.18 Å². The molecule has 0 aromatic carbocycles. The van der Waals surface area contributed by atoms with Gasteiger partial charge in [0.15, 0.2) is 0 Å². The van der Waals surface area contributed by atoms with Crippen LogP contribution in [0.2, 0.25) is 0 Å². The van der Waals surface area contributed by atoms with Crippen molar-refractivity contribution in [3.05, 3.63) is 0 Å². The summed E-state index contributed by atoms with van der Waals surface area (Å²) in [5.41, 5.74) is 0. The van der Waals surface area contributed by atoms with Gasteiger partial charge in [0, 0.05) is 24.1 Å². The largest absolute Gasteiger partial charge is 0.391 e. The Morgan fingerprint density at radius 3 is 2.77 bits per heavy atom. The van der Waals surface area contributed by atoms with Crippen LogP contribution in [0.3, 0.4) is 0 Å². The van der Waals surface area contributed by atoms with Crippen LogP contribution in [-0.2, 0) is 9.53 Å². The zero-order chi connectivity index (χ0) is 18.6. The lowest BCUT2D eigenvalue weighted by molar-refractivity contribution is -0.198. The summed E-state index contributed by atoms with van der Waals surface area (Å²) in [4.78, 5) is 12.2. The fraction of sp³-hybridized carbons (Fsp3) is 0.944. The number of carbonyl (C=O) groups excluding carboxylic acids is 1. The lowest BCUT2D eigenvalue weighted by Crippen LogP contribution is -2.50. The van der Waals surface area contributed by atoms with E-state index in [2.05, 4.69) is 10.6 Å². The molecule has 5 atom stereocenters. The molecule has 2 heterocycles. The minimum atomic E-state index is -4.13. The summed E-state index contributed by atoms with van der Waals surface area (Å²) in [5.74, 6) is 0.999. The van der Waals surface area contributed by atoms with Crippen LogP contribution in [0.15, 0.2) is 0 Å². The standard InChI is InChI=1S/C18H29F3N2O2S/c19-18(20,21)14-4-1-5-15(9-14)25-17-12(3-2-7-22-17)10-23-16(24)13-6-8-26-11-13/h12-15,17,22H,1-11H2,(H,23,24). The van der Waals surface area contributed by atoms with Crippen LogP contribution in [0, 0.1) is 17.8 Å². The van der Waals surface area contributed by atoms with E-state index >= 15 is 0 Å². The summed E-state index contributed by atoms with van der Waals surface area (Å²) < 4.78 is 45.1. The number of nitrogens with one attached hydrogen (secondary N) is 2. The fourth-order valence-electron chi connectivity index (χ4n) is 4.19. The van der Waals surface area contributed by atoms with Crippen LogP contribution in [0.25, 0.3) is 0 Å². The molecule has 1 saturated carbocycles. The van der Waals surface area contributed by atoms with Crippen LogP contribution >= 0.6 is 11.8 Å². The van der Waals surface area contributed by atoms with Gasteiger partial charge in [-0.3, -0.25) is 10.1 Å². The summed E-state index contributed by atoms with van der Waals surface area (Å²) in [7, 11) is 0. The Morgan fingerprint density at radius 2 is 2.04 bits per heavy atom. The topological polar surface area (TPSA) is 50.4 Å². The first-order valence-electron chi connectivity index (χ1n) is 9.74. The van der Waals surface area contributed by atoms with Crippen LogP contribution < -0.4 is 10.6 Å². The average Bonchev–Trinajstić information content (AvgIpc) is 3.15. The Hall–Kier alpha value is -0.470. The van der Waals surface area contributed by atoms with Crippen LogP contribution in [0.1, 0.15) is 44.9 Å². The van der Waals surface area contributed by atoms with Crippen LogP contribution in [0.5, 0.6) is 0 Å². The molecule has 2 N–H and O–H groups in total. The van der Waals surface area contributed by atoms with Crippen molar-refractivity contribution in [3.8, 4) is 0 Å². The first-order chi connectivity index (χ1) is 12.4. The maximum atomic E-state index is 13.0. The molecule has 1 aliphatic carbocycles. The molecular formula is C18H29F3N2O2S. The highest BCUT2D eigenvalue weighted by molar-refractivity contribution is 7.99. The number of ether oxygens (including phenoxy) is 1. The predicted octanol–water partition coefficient (Wildman–Crippen LogP) is 3.32. The van der Waals surface area contributed by atoms with E-state index in [1.54, 1.807) is 0 Å². The maximum Gasteiger partial charge on any atom is 0.391 e. The summed E-state index contributed by atoms with van der Waals surface area (Å²) in [5, 5.41) is 6.35. The molecule has 0 radical (unpaired) electrons. The van der Waals surface area contributed by atoms with Crippen molar-refractivity contribution in [3.63, 3.8) is 0 Å². The Labute approximate surface area is 157 Å². The molecule has 0 aromatic heterocycles. The van der Waals surface area contributed by atoms with Crippen molar-refractivity contribution in [2.45, 2.75) is 63.5 Å². The molecule has 3 aliphatic rings. The van der Waals surface area contributed by atoms with Gasteiger partial charge in [-0.1, -0.05) is 6.42 Å². The molecule has 0 aromatic rings. The van der Waals surface area contributed by atoms with Gasteiger partial charge in [-0.25, -0.2) is 0 Å². The minimum absolute atomic E-state index is 0.0556. The maximum absolute atomic E-state index is 13.0. The number of rotatable bonds is 5. The van der Waals surface area contributed by atoms with Gasteiger partial charge in [-0.2, -0.15) is 24.9 Å². The number of amides is 1. The molecule has 3 rings (SSSR count). The number of carbonyl (C=O) groups is 1. The average molecular weight is 395 g/mol. The van der Waals surface area contributed by atoms with Crippen molar-refractivity contribution < 1.29 is 22.7 Å². The Morgan fingerprint density at radius 1 is 1.19 bits per heavy atom. The number of thioether (sulfide) groups is 1. The monoisotopic (exact) mass is 394 g/mol. The van der Waals surface area contributed by atoms with Gasteiger partial charge in [0.2, 0.25) is 5.91 Å². The smallest absolute Gasteiger partial charge is 0.360 e. The second-order valence-electron chi connectivity index (χ2n) is 7.75. The third-order valence-electron chi connectivity index (χ3n) is 5.79. The second-order valence-corrected chi connectivity index (χ2v) is 8.90. The van der Waals surface area contributed by atoms with Crippen molar-refractivity contribution in [1.29, 1.82) is 0 Å². The Bertz CT molecular complexity index is 472. The molecule has 1 amide bonds. The third-order valence-corrected chi connectivity index (χ3v) is 6.95. The van der Waals surface area contributed by atoms with Gasteiger partial charge < -0.3 is 10.1 Å². The highest BCUT2D eigenvalue weighted by atomic mass is 32.2. The molecule has 2 aliphatic heterocycles. The predicted molar refractivity (Wildman–Crippen MR) is 95.8 cm³/mol. The molecule has 8 heteroatoms. The quantitative estimate of drug-likeness (QED) is 0.751. The van der Waals surface area contributed by atoms with Gasteiger partial charge in [-0.05, 0) is 50.8 Å². The highest BCUT2D eigenvalue weighted by Crippen LogP contribution is 2.39. The summed E-state index contributed by atoms with van der Waals surface area (Å²) in [6.45, 7) is 1.34. The summed E-state index contributed by atoms with van der Waals surface area (Å²) in [6, 6.07) is 0. The molecular weight excluding hydrogens is 365 g/mol. The van der Waals surface area contributed by atoms with Crippen molar-refractivity contribution in [1.82, 2.24) is 10.6 Å². The van der Waals surface area contributed by atoms with E-state index in [0.29, 0.717) is 19.4 Å².